The Hall–Kier alpha value is -3.22. The molecule has 1 aromatic carbocycles. The second-order valence-electron chi connectivity index (χ2n) is 7.56. The smallest absolute Gasteiger partial charge is 0.330 e. The lowest BCUT2D eigenvalue weighted by atomic mass is 9.93. The Kier molecular flexibility index (Phi) is 4.34. The van der Waals surface area contributed by atoms with Crippen LogP contribution < -0.4 is 5.69 Å². The average Bonchev–Trinajstić information content (AvgIpc) is 3.27. The first-order chi connectivity index (χ1) is 14.5. The molecule has 152 valence electrons. The maximum Gasteiger partial charge on any atom is 0.330 e. The molecule has 0 unspecified atom stereocenters. The number of benzene rings is 1. The number of imidazole rings is 2. The van der Waals surface area contributed by atoms with Gasteiger partial charge in [-0.1, -0.05) is 17.7 Å². The van der Waals surface area contributed by atoms with E-state index in [4.69, 9.17) is 18.2 Å². The second-order valence-corrected chi connectivity index (χ2v) is 7.92. The van der Waals surface area contributed by atoms with Crippen molar-refractivity contribution >= 4 is 39.5 Å². The van der Waals surface area contributed by atoms with Crippen LogP contribution in [0, 0.1) is 6.57 Å². The normalized spacial score (nSPS) is 19.4. The summed E-state index contributed by atoms with van der Waals surface area (Å²) in [5.41, 5.74) is 2.60. The van der Waals surface area contributed by atoms with Crippen LogP contribution in [0.5, 0.6) is 0 Å². The number of aliphatic hydroxyl groups is 1. The van der Waals surface area contributed by atoms with E-state index in [1.807, 2.05) is 0 Å². The van der Waals surface area contributed by atoms with E-state index in [1.165, 1.54) is 4.57 Å². The van der Waals surface area contributed by atoms with Crippen molar-refractivity contribution < 1.29 is 5.11 Å². The molecule has 10 heteroatoms. The number of nitrogens with zero attached hydrogens (tertiary/aromatic N) is 7. The first kappa shape index (κ1) is 18.8. The lowest BCUT2D eigenvalue weighted by molar-refractivity contribution is 0.110. The van der Waals surface area contributed by atoms with Crippen LogP contribution >= 0.6 is 11.6 Å². The van der Waals surface area contributed by atoms with E-state index < -0.39 is 0 Å². The fourth-order valence-corrected chi connectivity index (χ4v) is 4.48. The first-order valence-corrected chi connectivity index (χ1v) is 10.0. The summed E-state index contributed by atoms with van der Waals surface area (Å²) < 4.78 is 4.80. The number of hydrogen-bond donors (Lipinski definition) is 1. The van der Waals surface area contributed by atoms with Gasteiger partial charge in [0.1, 0.15) is 11.8 Å². The summed E-state index contributed by atoms with van der Waals surface area (Å²) >= 11 is 6.50. The average molecular weight is 424 g/mol. The molecular formula is C20H18ClN7O2. The van der Waals surface area contributed by atoms with Gasteiger partial charge < -0.3 is 5.11 Å². The summed E-state index contributed by atoms with van der Waals surface area (Å²) in [6.45, 7) is 7.26. The zero-order chi connectivity index (χ0) is 21.0. The maximum atomic E-state index is 13.0. The van der Waals surface area contributed by atoms with Gasteiger partial charge in [-0.05, 0) is 37.8 Å². The van der Waals surface area contributed by atoms with E-state index in [0.717, 1.165) is 0 Å². The van der Waals surface area contributed by atoms with Crippen LogP contribution in [-0.4, -0.2) is 39.9 Å². The molecule has 1 aliphatic carbocycles. The van der Waals surface area contributed by atoms with E-state index in [-0.39, 0.29) is 28.9 Å². The molecule has 0 radical (unpaired) electrons. The molecule has 0 spiro atoms. The van der Waals surface area contributed by atoms with Crippen LogP contribution in [0.3, 0.4) is 0 Å². The van der Waals surface area contributed by atoms with Crippen molar-refractivity contribution in [1.82, 2.24) is 28.7 Å². The Morgan fingerprint density at radius 1 is 1.23 bits per heavy atom. The summed E-state index contributed by atoms with van der Waals surface area (Å²) in [5, 5.41) is 10.0. The van der Waals surface area contributed by atoms with Gasteiger partial charge in [-0.2, -0.15) is 9.97 Å². The highest BCUT2D eigenvalue weighted by atomic mass is 35.5. The number of hydrogen-bond acceptors (Lipinski definition) is 5. The van der Waals surface area contributed by atoms with Crippen molar-refractivity contribution in [3.8, 4) is 5.95 Å². The fraction of sp³-hybridized carbons (Fsp3) is 0.350. The molecule has 3 aromatic heterocycles. The molecule has 0 bridgehead atoms. The van der Waals surface area contributed by atoms with Gasteiger partial charge in [0.15, 0.2) is 16.5 Å². The Labute approximate surface area is 176 Å². The predicted molar refractivity (Wildman–Crippen MR) is 112 cm³/mol. The van der Waals surface area contributed by atoms with E-state index in [1.54, 1.807) is 40.7 Å². The zero-order valence-electron chi connectivity index (χ0n) is 16.2. The first-order valence-electron chi connectivity index (χ1n) is 9.65. The van der Waals surface area contributed by atoms with Gasteiger partial charge in [0, 0.05) is 13.1 Å². The highest BCUT2D eigenvalue weighted by molar-refractivity contribution is 6.33. The quantitative estimate of drug-likeness (QED) is 0.394. The van der Waals surface area contributed by atoms with E-state index >= 15 is 0 Å². The molecule has 0 aliphatic heterocycles. The lowest BCUT2D eigenvalue weighted by Crippen LogP contribution is -2.30. The Morgan fingerprint density at radius 3 is 2.73 bits per heavy atom. The second kappa shape index (κ2) is 6.93. The minimum Gasteiger partial charge on any atom is -0.393 e. The van der Waals surface area contributed by atoms with Crippen LogP contribution in [-0.2, 0) is 7.05 Å². The molecule has 4 aromatic rings. The van der Waals surface area contributed by atoms with Gasteiger partial charge in [-0.15, -0.1) is 0 Å². The van der Waals surface area contributed by atoms with E-state index in [2.05, 4.69) is 19.8 Å². The fourth-order valence-electron chi connectivity index (χ4n) is 4.19. The van der Waals surface area contributed by atoms with E-state index in [0.29, 0.717) is 53.6 Å². The van der Waals surface area contributed by atoms with Crippen molar-refractivity contribution in [3.63, 3.8) is 0 Å². The third-order valence-corrected chi connectivity index (χ3v) is 6.04. The third kappa shape index (κ3) is 2.80. The minimum atomic E-state index is -0.324. The van der Waals surface area contributed by atoms with Crippen LogP contribution in [0.2, 0.25) is 5.15 Å². The summed E-state index contributed by atoms with van der Waals surface area (Å²) in [4.78, 5) is 29.9. The van der Waals surface area contributed by atoms with Crippen LogP contribution in [0.25, 0.3) is 33.0 Å². The predicted octanol–water partition coefficient (Wildman–Crippen LogP) is 3.15. The van der Waals surface area contributed by atoms with Gasteiger partial charge in [-0.25, -0.2) is 14.6 Å². The zero-order valence-corrected chi connectivity index (χ0v) is 16.9. The topological polar surface area (TPSA) is 95.1 Å². The number of fused-ring (bicyclic) bond motifs is 2. The SMILES string of the molecule is [C-]#[N+]c1ccc2ncn(-c3nc(Cl)c4c(n3)n([C@H]3CC[C@H](O)CC3)c(=O)n4C)c2c1. The summed E-state index contributed by atoms with van der Waals surface area (Å²) in [6.07, 6.45) is 3.93. The van der Waals surface area contributed by atoms with Crippen molar-refractivity contribution in [2.24, 2.45) is 7.05 Å². The van der Waals surface area contributed by atoms with Gasteiger partial charge in [0.25, 0.3) is 0 Å². The van der Waals surface area contributed by atoms with E-state index in [9.17, 15) is 9.90 Å². The molecule has 3 heterocycles. The minimum absolute atomic E-state index is 0.0586. The van der Waals surface area contributed by atoms with Gasteiger partial charge in [0.05, 0.1) is 23.7 Å². The molecule has 1 N–H and O–H groups in total. The Morgan fingerprint density at radius 2 is 2.00 bits per heavy atom. The van der Waals surface area contributed by atoms with Crippen LogP contribution in [0.4, 0.5) is 5.69 Å². The molecular weight excluding hydrogens is 406 g/mol. The lowest BCUT2D eigenvalue weighted by Gasteiger charge is -2.26. The molecule has 1 saturated carbocycles. The number of aryl methyl sites for hydroxylation is 1. The highest BCUT2D eigenvalue weighted by Gasteiger charge is 2.27. The number of rotatable bonds is 2. The van der Waals surface area contributed by atoms with Gasteiger partial charge >= 0.3 is 5.69 Å². The maximum absolute atomic E-state index is 13.0. The van der Waals surface area contributed by atoms with Crippen LogP contribution in [0.15, 0.2) is 29.3 Å². The standard InChI is InChI=1S/C20H18ClN7O2/c1-22-11-3-8-14-15(9-11)27(10-23-14)19-24-17(21)16-18(25-19)28(20(30)26(16)2)12-4-6-13(29)7-5-12/h3,8-10,12-13,29H,4-7H2,2H3/t12-,13-. The van der Waals surface area contributed by atoms with Crippen LogP contribution in [0.1, 0.15) is 31.7 Å². The monoisotopic (exact) mass is 423 g/mol. The molecule has 9 nitrogen and oxygen atoms in total. The van der Waals surface area contributed by atoms with Gasteiger partial charge in [-0.3, -0.25) is 13.7 Å². The highest BCUT2D eigenvalue weighted by Crippen LogP contribution is 2.31. The van der Waals surface area contributed by atoms with Crippen molar-refractivity contribution in [2.75, 3.05) is 0 Å². The van der Waals surface area contributed by atoms with Crippen molar-refractivity contribution in [3.05, 3.63) is 51.6 Å². The number of aromatic nitrogens is 6. The molecule has 0 saturated heterocycles. The molecule has 1 aliphatic rings. The largest absolute Gasteiger partial charge is 0.393 e. The van der Waals surface area contributed by atoms with Gasteiger partial charge in [0.2, 0.25) is 5.95 Å². The summed E-state index contributed by atoms with van der Waals surface area (Å²) in [5.74, 6) is 0.285. The van der Waals surface area contributed by atoms with Crippen molar-refractivity contribution in [1.29, 1.82) is 0 Å². The Bertz CT molecular complexity index is 1390. The molecule has 0 atom stereocenters. The third-order valence-electron chi connectivity index (χ3n) is 5.77. The molecule has 5 rings (SSSR count). The van der Waals surface area contributed by atoms with Crippen molar-refractivity contribution in [2.45, 2.75) is 37.8 Å². The summed E-state index contributed by atoms with van der Waals surface area (Å²) in [6, 6.07) is 5.13. The Balaban J connectivity index is 1.73. The number of aliphatic hydroxyl groups excluding tert-OH is 1. The molecule has 30 heavy (non-hydrogen) atoms. The molecule has 1 fully saturated rings. The number of halogens is 1. The molecule has 0 amide bonds. The summed E-state index contributed by atoms with van der Waals surface area (Å²) in [7, 11) is 1.66.